The summed E-state index contributed by atoms with van der Waals surface area (Å²) in [7, 11) is 0. The molecule has 1 atom stereocenters. The Hall–Kier alpha value is -2.14. The third-order valence-electron chi connectivity index (χ3n) is 6.28. The van der Waals surface area contributed by atoms with Gasteiger partial charge in [-0.15, -0.1) is 0 Å². The number of amides is 1. The second-order valence-corrected chi connectivity index (χ2v) is 7.90. The maximum absolute atomic E-state index is 12.6. The summed E-state index contributed by atoms with van der Waals surface area (Å²) < 4.78 is 0. The number of aromatic nitrogens is 2. The van der Waals surface area contributed by atoms with Crippen molar-refractivity contribution in [2.75, 3.05) is 32.7 Å². The Morgan fingerprint density at radius 1 is 1.23 bits per heavy atom. The standard InChI is InChI=1S/C21H28N4O/c1-2-24-15-18(17-6-4-3-5-7-17)14-21(16-24)9-12-25(13-10-21)20(26)19-8-11-22-23-19/h3-8,11,18H,2,9-10,12-16H2,1H3,(H,22,23)/t18-/m1/s1. The highest BCUT2D eigenvalue weighted by molar-refractivity contribution is 5.92. The van der Waals surface area contributed by atoms with Gasteiger partial charge in [0.15, 0.2) is 0 Å². The molecule has 5 heteroatoms. The lowest BCUT2D eigenvalue weighted by Crippen LogP contribution is -2.52. The molecule has 2 aromatic rings. The van der Waals surface area contributed by atoms with Gasteiger partial charge in [-0.05, 0) is 48.8 Å². The van der Waals surface area contributed by atoms with Gasteiger partial charge in [0.05, 0.1) is 0 Å². The molecule has 0 bridgehead atoms. The SMILES string of the molecule is CCN1C[C@H](c2ccccc2)CC2(CCN(C(=O)c3ccn[nH]3)CC2)C1. The zero-order chi connectivity index (χ0) is 18.0. The molecule has 0 saturated carbocycles. The van der Waals surface area contributed by atoms with Crippen LogP contribution in [0.5, 0.6) is 0 Å². The second kappa shape index (κ2) is 7.23. The van der Waals surface area contributed by atoms with Crippen molar-refractivity contribution in [2.24, 2.45) is 5.41 Å². The fraction of sp³-hybridized carbons (Fsp3) is 0.524. The van der Waals surface area contributed by atoms with Gasteiger partial charge in [-0.25, -0.2) is 0 Å². The first-order chi connectivity index (χ1) is 12.7. The molecule has 3 heterocycles. The Morgan fingerprint density at radius 2 is 2.00 bits per heavy atom. The van der Waals surface area contributed by atoms with Crippen LogP contribution in [-0.4, -0.2) is 58.6 Å². The highest BCUT2D eigenvalue weighted by Crippen LogP contribution is 2.45. The van der Waals surface area contributed by atoms with Crippen LogP contribution in [0.4, 0.5) is 0 Å². The number of piperidine rings is 2. The molecule has 1 spiro atoms. The number of nitrogens with one attached hydrogen (secondary N) is 1. The quantitative estimate of drug-likeness (QED) is 0.923. The summed E-state index contributed by atoms with van der Waals surface area (Å²) in [5.41, 5.74) is 2.39. The maximum Gasteiger partial charge on any atom is 0.271 e. The number of benzene rings is 1. The van der Waals surface area contributed by atoms with Crippen LogP contribution in [0.1, 0.15) is 48.2 Å². The molecule has 5 nitrogen and oxygen atoms in total. The first-order valence-electron chi connectivity index (χ1n) is 9.75. The van der Waals surface area contributed by atoms with E-state index in [1.165, 1.54) is 18.5 Å². The van der Waals surface area contributed by atoms with Crippen LogP contribution < -0.4 is 0 Å². The zero-order valence-electron chi connectivity index (χ0n) is 15.5. The first-order valence-corrected chi connectivity index (χ1v) is 9.75. The van der Waals surface area contributed by atoms with Gasteiger partial charge < -0.3 is 9.80 Å². The number of aromatic amines is 1. The van der Waals surface area contributed by atoms with E-state index in [2.05, 4.69) is 52.4 Å². The smallest absolute Gasteiger partial charge is 0.271 e. The topological polar surface area (TPSA) is 52.2 Å². The summed E-state index contributed by atoms with van der Waals surface area (Å²) >= 11 is 0. The Bertz CT molecular complexity index is 720. The minimum atomic E-state index is 0.0834. The molecule has 0 unspecified atom stereocenters. The van der Waals surface area contributed by atoms with Gasteiger partial charge in [-0.3, -0.25) is 9.89 Å². The summed E-state index contributed by atoms with van der Waals surface area (Å²) in [4.78, 5) is 17.2. The number of hydrogen-bond acceptors (Lipinski definition) is 3. The molecule has 1 N–H and O–H groups in total. The number of H-pyrrole nitrogens is 1. The Labute approximate surface area is 155 Å². The summed E-state index contributed by atoms with van der Waals surface area (Å²) in [6.45, 7) is 7.37. The summed E-state index contributed by atoms with van der Waals surface area (Å²) in [6.07, 6.45) is 5.06. The molecule has 1 aromatic carbocycles. The van der Waals surface area contributed by atoms with Gasteiger partial charge >= 0.3 is 0 Å². The van der Waals surface area contributed by atoms with Crippen LogP contribution in [0.2, 0.25) is 0 Å². The number of likely N-dealkylation sites (tertiary alicyclic amines) is 2. The Morgan fingerprint density at radius 3 is 2.65 bits per heavy atom. The summed E-state index contributed by atoms with van der Waals surface area (Å²) in [5, 5.41) is 6.71. The number of hydrogen-bond donors (Lipinski definition) is 1. The van der Waals surface area contributed by atoms with Crippen LogP contribution in [-0.2, 0) is 0 Å². The number of likely N-dealkylation sites (N-methyl/N-ethyl adjacent to an activating group) is 1. The van der Waals surface area contributed by atoms with Crippen molar-refractivity contribution in [3.05, 3.63) is 53.9 Å². The van der Waals surface area contributed by atoms with Crippen molar-refractivity contribution in [2.45, 2.75) is 32.1 Å². The minimum Gasteiger partial charge on any atom is -0.337 e. The van der Waals surface area contributed by atoms with E-state index in [4.69, 9.17) is 0 Å². The van der Waals surface area contributed by atoms with Crippen molar-refractivity contribution < 1.29 is 4.79 Å². The van der Waals surface area contributed by atoms with Gasteiger partial charge in [0.2, 0.25) is 0 Å². The van der Waals surface area contributed by atoms with Crippen molar-refractivity contribution in [1.82, 2.24) is 20.0 Å². The number of rotatable bonds is 3. The molecule has 26 heavy (non-hydrogen) atoms. The van der Waals surface area contributed by atoms with E-state index in [1.54, 1.807) is 12.3 Å². The molecule has 0 aliphatic carbocycles. The Balaban J connectivity index is 1.47. The molecule has 0 radical (unpaired) electrons. The number of carbonyl (C=O) groups is 1. The number of carbonyl (C=O) groups excluding carboxylic acids is 1. The molecule has 1 aromatic heterocycles. The molecule has 2 aliphatic heterocycles. The monoisotopic (exact) mass is 352 g/mol. The van der Waals surface area contributed by atoms with Gasteiger partial charge in [-0.2, -0.15) is 5.10 Å². The van der Waals surface area contributed by atoms with Crippen LogP contribution in [0, 0.1) is 5.41 Å². The molecule has 138 valence electrons. The van der Waals surface area contributed by atoms with Crippen LogP contribution in [0.15, 0.2) is 42.6 Å². The second-order valence-electron chi connectivity index (χ2n) is 7.90. The van der Waals surface area contributed by atoms with E-state index in [0.717, 1.165) is 39.0 Å². The lowest BCUT2D eigenvalue weighted by Gasteiger charge is -2.50. The van der Waals surface area contributed by atoms with E-state index in [1.807, 2.05) is 4.90 Å². The minimum absolute atomic E-state index is 0.0834. The predicted octanol–water partition coefficient (Wildman–Crippen LogP) is 3.14. The van der Waals surface area contributed by atoms with E-state index in [-0.39, 0.29) is 5.91 Å². The molecule has 2 fully saturated rings. The third-order valence-corrected chi connectivity index (χ3v) is 6.28. The molecular weight excluding hydrogens is 324 g/mol. The predicted molar refractivity (Wildman–Crippen MR) is 102 cm³/mol. The van der Waals surface area contributed by atoms with Gasteiger partial charge in [0, 0.05) is 32.4 Å². The highest BCUT2D eigenvalue weighted by atomic mass is 16.2. The molecule has 2 saturated heterocycles. The van der Waals surface area contributed by atoms with E-state index in [9.17, 15) is 4.79 Å². The summed E-state index contributed by atoms with van der Waals surface area (Å²) in [6, 6.07) is 12.7. The van der Waals surface area contributed by atoms with Crippen molar-refractivity contribution >= 4 is 5.91 Å². The zero-order valence-corrected chi connectivity index (χ0v) is 15.5. The van der Waals surface area contributed by atoms with Crippen molar-refractivity contribution in [1.29, 1.82) is 0 Å². The average Bonchev–Trinajstić information content (AvgIpc) is 3.23. The molecule has 2 aliphatic rings. The van der Waals surface area contributed by atoms with Crippen LogP contribution in [0.25, 0.3) is 0 Å². The highest BCUT2D eigenvalue weighted by Gasteiger charge is 2.42. The molecule has 1 amide bonds. The van der Waals surface area contributed by atoms with Crippen molar-refractivity contribution in [3.8, 4) is 0 Å². The van der Waals surface area contributed by atoms with Gasteiger partial charge in [-0.1, -0.05) is 37.3 Å². The van der Waals surface area contributed by atoms with Crippen LogP contribution in [0.3, 0.4) is 0 Å². The normalized spacial score (nSPS) is 23.3. The van der Waals surface area contributed by atoms with E-state index < -0.39 is 0 Å². The maximum atomic E-state index is 12.6. The summed E-state index contributed by atoms with van der Waals surface area (Å²) in [5.74, 6) is 0.680. The van der Waals surface area contributed by atoms with Gasteiger partial charge in [0.25, 0.3) is 5.91 Å². The van der Waals surface area contributed by atoms with E-state index in [0.29, 0.717) is 17.0 Å². The lowest BCUT2D eigenvalue weighted by atomic mass is 9.68. The third kappa shape index (κ3) is 3.40. The Kier molecular flexibility index (Phi) is 4.81. The fourth-order valence-electron chi connectivity index (χ4n) is 4.78. The fourth-order valence-corrected chi connectivity index (χ4v) is 4.78. The number of nitrogens with zero attached hydrogens (tertiary/aromatic N) is 3. The lowest BCUT2D eigenvalue weighted by molar-refractivity contribution is 0.0156. The van der Waals surface area contributed by atoms with Crippen LogP contribution >= 0.6 is 0 Å². The molecule has 4 rings (SSSR count). The van der Waals surface area contributed by atoms with Crippen molar-refractivity contribution in [3.63, 3.8) is 0 Å². The van der Waals surface area contributed by atoms with E-state index >= 15 is 0 Å². The first kappa shape index (κ1) is 17.3. The average molecular weight is 352 g/mol. The van der Waals surface area contributed by atoms with Gasteiger partial charge in [0.1, 0.15) is 5.69 Å². The molecular formula is C21H28N4O. The largest absolute Gasteiger partial charge is 0.337 e.